The lowest BCUT2D eigenvalue weighted by molar-refractivity contribution is -0.126. The number of carbonyl (C=O) groups is 1. The van der Waals surface area contributed by atoms with Gasteiger partial charge in [-0.05, 0) is 38.3 Å². The lowest BCUT2D eigenvalue weighted by atomic mass is 9.99. The minimum atomic E-state index is -3.29. The topological polar surface area (TPSA) is 83.8 Å². The van der Waals surface area contributed by atoms with E-state index in [1.165, 1.54) is 15.4 Å². The summed E-state index contributed by atoms with van der Waals surface area (Å²) in [7, 11) is -3.29. The van der Waals surface area contributed by atoms with E-state index in [-0.39, 0.29) is 24.1 Å². The Hall–Kier alpha value is -2.97. The second-order valence-corrected chi connectivity index (χ2v) is 10.8. The average molecular weight is 467 g/mol. The number of piperidine rings is 1. The summed E-state index contributed by atoms with van der Waals surface area (Å²) in [5.41, 5.74) is 7.07. The van der Waals surface area contributed by atoms with Gasteiger partial charge in [0, 0.05) is 42.3 Å². The summed E-state index contributed by atoms with van der Waals surface area (Å²) in [6, 6.07) is 16.6. The van der Waals surface area contributed by atoms with Gasteiger partial charge in [-0.1, -0.05) is 48.0 Å². The second kappa shape index (κ2) is 9.89. The average Bonchev–Trinajstić information content (AvgIpc) is 3.18. The number of amides is 1. The van der Waals surface area contributed by atoms with Crippen molar-refractivity contribution in [2.75, 3.05) is 18.8 Å². The summed E-state index contributed by atoms with van der Waals surface area (Å²) in [4.78, 5) is 12.6. The highest BCUT2D eigenvalue weighted by molar-refractivity contribution is 7.89. The lowest BCUT2D eigenvalue weighted by Crippen LogP contribution is -2.45. The van der Waals surface area contributed by atoms with Crippen molar-refractivity contribution in [1.29, 1.82) is 0 Å². The molecule has 174 valence electrons. The van der Waals surface area contributed by atoms with Gasteiger partial charge in [0.15, 0.2) is 0 Å². The van der Waals surface area contributed by atoms with Crippen LogP contribution in [0.4, 0.5) is 0 Å². The van der Waals surface area contributed by atoms with Gasteiger partial charge in [-0.25, -0.2) is 18.1 Å². The van der Waals surface area contributed by atoms with E-state index in [4.69, 9.17) is 0 Å². The number of carbonyl (C=O) groups excluding carboxylic acids is 1. The number of hydrogen-bond acceptors (Lipinski definition) is 4. The molecule has 3 aromatic rings. The van der Waals surface area contributed by atoms with Gasteiger partial charge in [0.25, 0.3) is 0 Å². The van der Waals surface area contributed by atoms with Crippen molar-refractivity contribution in [1.82, 2.24) is 14.3 Å². The van der Waals surface area contributed by atoms with Crippen molar-refractivity contribution in [3.05, 3.63) is 71.4 Å². The maximum Gasteiger partial charge on any atom is 0.244 e. The Balaban J connectivity index is 1.47. The number of nitrogens with zero attached hydrogens (tertiary/aromatic N) is 3. The van der Waals surface area contributed by atoms with Crippen LogP contribution in [0, 0.1) is 12.8 Å². The van der Waals surface area contributed by atoms with Crippen LogP contribution < -0.4 is 5.43 Å². The number of hydrazone groups is 1. The maximum atomic E-state index is 12.6. The van der Waals surface area contributed by atoms with Crippen LogP contribution in [0.1, 0.15) is 36.5 Å². The standard InChI is InChI=1S/C25H30N4O3S/c1-3-33(31,32)29-14-6-7-21(18-29)25(30)27-26-15-22-17-28(24-9-5-4-8-23(22)24)16-20-12-10-19(2)11-13-20/h4-5,8-13,15,17,21H,3,6-7,14,16,18H2,1-2H3,(H,27,30). The molecule has 1 aromatic heterocycles. The minimum absolute atomic E-state index is 0.0478. The number of hydrogen-bond donors (Lipinski definition) is 1. The molecular weight excluding hydrogens is 436 g/mol. The smallest absolute Gasteiger partial charge is 0.244 e. The van der Waals surface area contributed by atoms with Crippen LogP contribution >= 0.6 is 0 Å². The van der Waals surface area contributed by atoms with Crippen molar-refractivity contribution in [3.63, 3.8) is 0 Å². The van der Waals surface area contributed by atoms with Crippen LogP contribution in [0.15, 0.2) is 59.8 Å². The van der Waals surface area contributed by atoms with Crippen LogP contribution in [-0.2, 0) is 21.4 Å². The van der Waals surface area contributed by atoms with Crippen LogP contribution in [0.3, 0.4) is 0 Å². The molecule has 1 atom stereocenters. The molecule has 0 aliphatic carbocycles. The van der Waals surface area contributed by atoms with E-state index < -0.39 is 10.0 Å². The van der Waals surface area contributed by atoms with Crippen LogP contribution in [0.2, 0.25) is 0 Å². The highest BCUT2D eigenvalue weighted by Crippen LogP contribution is 2.22. The molecule has 33 heavy (non-hydrogen) atoms. The third-order valence-corrected chi connectivity index (χ3v) is 8.03. The normalized spacial score (nSPS) is 17.6. The zero-order valence-corrected chi connectivity index (χ0v) is 19.9. The van der Waals surface area contributed by atoms with Crippen molar-refractivity contribution in [2.24, 2.45) is 11.0 Å². The van der Waals surface area contributed by atoms with Gasteiger partial charge in [0.2, 0.25) is 15.9 Å². The first-order chi connectivity index (χ1) is 15.9. The first kappa shape index (κ1) is 23.2. The van der Waals surface area contributed by atoms with E-state index in [0.717, 1.165) is 23.0 Å². The van der Waals surface area contributed by atoms with Gasteiger partial charge >= 0.3 is 0 Å². The summed E-state index contributed by atoms with van der Waals surface area (Å²) in [6.07, 6.45) is 5.03. The van der Waals surface area contributed by atoms with Crippen LogP contribution in [-0.4, -0.2) is 48.3 Å². The minimum Gasteiger partial charge on any atom is -0.342 e. The number of sulfonamides is 1. The Morgan fingerprint density at radius 1 is 1.18 bits per heavy atom. The molecule has 4 rings (SSSR count). The third kappa shape index (κ3) is 5.34. The molecule has 1 N–H and O–H groups in total. The number of benzene rings is 2. The summed E-state index contributed by atoms with van der Waals surface area (Å²) in [5.74, 6) is -0.586. The Bertz CT molecular complexity index is 1260. The van der Waals surface area contributed by atoms with Crippen LogP contribution in [0.5, 0.6) is 0 Å². The molecule has 0 spiro atoms. The predicted molar refractivity (Wildman–Crippen MR) is 132 cm³/mol. The Labute approximate surface area is 195 Å². The quantitative estimate of drug-likeness (QED) is 0.427. The van der Waals surface area contributed by atoms with E-state index in [1.807, 2.05) is 24.4 Å². The summed E-state index contributed by atoms with van der Waals surface area (Å²) >= 11 is 0. The largest absolute Gasteiger partial charge is 0.342 e. The summed E-state index contributed by atoms with van der Waals surface area (Å²) < 4.78 is 27.9. The van der Waals surface area contributed by atoms with E-state index in [2.05, 4.69) is 52.3 Å². The molecular formula is C25H30N4O3S. The number of rotatable bonds is 7. The van der Waals surface area contributed by atoms with Gasteiger partial charge in [-0.15, -0.1) is 0 Å². The van der Waals surface area contributed by atoms with Gasteiger partial charge in [0.1, 0.15) is 0 Å². The molecule has 1 amide bonds. The second-order valence-electron chi connectivity index (χ2n) is 8.55. The van der Waals surface area contributed by atoms with Crippen molar-refractivity contribution in [3.8, 4) is 0 Å². The van der Waals surface area contributed by atoms with E-state index in [9.17, 15) is 13.2 Å². The maximum absolute atomic E-state index is 12.6. The first-order valence-electron chi connectivity index (χ1n) is 11.3. The van der Waals surface area contributed by atoms with E-state index >= 15 is 0 Å². The number of nitrogens with one attached hydrogen (secondary N) is 1. The van der Waals surface area contributed by atoms with Crippen LogP contribution in [0.25, 0.3) is 10.9 Å². The molecule has 1 aliphatic heterocycles. The van der Waals surface area contributed by atoms with E-state index in [1.54, 1.807) is 13.1 Å². The first-order valence-corrected chi connectivity index (χ1v) is 12.9. The Morgan fingerprint density at radius 3 is 2.70 bits per heavy atom. The van der Waals surface area contributed by atoms with Gasteiger partial charge < -0.3 is 4.57 Å². The molecule has 1 saturated heterocycles. The number of aryl methyl sites for hydroxylation is 1. The summed E-state index contributed by atoms with van der Waals surface area (Å²) in [5, 5.41) is 5.26. The molecule has 1 aliphatic rings. The molecule has 0 radical (unpaired) electrons. The predicted octanol–water partition coefficient (Wildman–Crippen LogP) is 3.51. The van der Waals surface area contributed by atoms with Crippen molar-refractivity contribution >= 4 is 33.0 Å². The number of fused-ring (bicyclic) bond motifs is 1. The monoisotopic (exact) mass is 466 g/mol. The molecule has 2 heterocycles. The molecule has 7 nitrogen and oxygen atoms in total. The number of aromatic nitrogens is 1. The van der Waals surface area contributed by atoms with Crippen molar-refractivity contribution < 1.29 is 13.2 Å². The van der Waals surface area contributed by atoms with Gasteiger partial charge in [-0.3, -0.25) is 4.79 Å². The Morgan fingerprint density at radius 2 is 1.94 bits per heavy atom. The van der Waals surface area contributed by atoms with Gasteiger partial charge in [-0.2, -0.15) is 5.10 Å². The lowest BCUT2D eigenvalue weighted by Gasteiger charge is -2.30. The zero-order valence-electron chi connectivity index (χ0n) is 19.1. The molecule has 2 aromatic carbocycles. The van der Waals surface area contributed by atoms with Crippen molar-refractivity contribution in [2.45, 2.75) is 33.2 Å². The highest BCUT2D eigenvalue weighted by atomic mass is 32.2. The van der Waals surface area contributed by atoms with Gasteiger partial charge in [0.05, 0.1) is 17.9 Å². The fourth-order valence-electron chi connectivity index (χ4n) is 4.25. The summed E-state index contributed by atoms with van der Waals surface area (Å²) in [6.45, 7) is 5.13. The highest BCUT2D eigenvalue weighted by Gasteiger charge is 2.31. The third-order valence-electron chi connectivity index (χ3n) is 6.18. The molecule has 1 fully saturated rings. The fourth-order valence-corrected chi connectivity index (χ4v) is 5.43. The Kier molecular flexibility index (Phi) is 6.95. The molecule has 0 bridgehead atoms. The molecule has 8 heteroatoms. The number of para-hydroxylation sites is 1. The van der Waals surface area contributed by atoms with E-state index in [0.29, 0.717) is 19.4 Å². The molecule has 1 unspecified atom stereocenters. The SMILES string of the molecule is CCS(=O)(=O)N1CCCC(C(=O)NN=Cc2cn(Cc3ccc(C)cc3)c3ccccc23)C1. The fraction of sp³-hybridized carbons (Fsp3) is 0.360. The zero-order chi connectivity index (χ0) is 23.4. The molecule has 0 saturated carbocycles.